The van der Waals surface area contributed by atoms with Crippen LogP contribution >= 0.6 is 0 Å². The maximum Gasteiger partial charge on any atom is 0.244 e. The molecule has 0 radical (unpaired) electrons. The zero-order valence-corrected chi connectivity index (χ0v) is 13.6. The smallest absolute Gasteiger partial charge is 0.244 e. The lowest BCUT2D eigenvalue weighted by Gasteiger charge is -2.24. The molecule has 2 rings (SSSR count). The maximum absolute atomic E-state index is 12.3. The Morgan fingerprint density at radius 2 is 1.77 bits per heavy atom. The van der Waals surface area contributed by atoms with Crippen LogP contribution in [0, 0.1) is 0 Å². The molecule has 1 atom stereocenters. The van der Waals surface area contributed by atoms with E-state index in [-0.39, 0.29) is 5.91 Å². The number of amides is 1. The van der Waals surface area contributed by atoms with E-state index in [1.165, 1.54) is 38.5 Å². The lowest BCUT2D eigenvalue weighted by Crippen LogP contribution is -2.50. The predicted molar refractivity (Wildman–Crippen MR) is 90.5 cm³/mol. The summed E-state index contributed by atoms with van der Waals surface area (Å²) in [5, 5.41) is 6.50. The second kappa shape index (κ2) is 8.30. The van der Waals surface area contributed by atoms with E-state index in [0.717, 1.165) is 12.1 Å². The van der Waals surface area contributed by atoms with E-state index >= 15 is 0 Å². The number of benzene rings is 1. The Morgan fingerprint density at radius 1 is 1.14 bits per heavy atom. The summed E-state index contributed by atoms with van der Waals surface area (Å²) in [6.45, 7) is 3.19. The Bertz CT molecular complexity index is 451. The molecule has 0 bridgehead atoms. The van der Waals surface area contributed by atoms with Gasteiger partial charge < -0.3 is 16.4 Å². The summed E-state index contributed by atoms with van der Waals surface area (Å²) in [5.41, 5.74) is 6.05. The number of rotatable bonds is 6. The van der Waals surface area contributed by atoms with Gasteiger partial charge in [0.25, 0.3) is 0 Å². The summed E-state index contributed by atoms with van der Waals surface area (Å²) < 4.78 is 0. The molecule has 1 amide bonds. The first-order valence-corrected chi connectivity index (χ1v) is 8.47. The topological polar surface area (TPSA) is 67.2 Å². The van der Waals surface area contributed by atoms with Crippen molar-refractivity contribution in [3.05, 3.63) is 35.9 Å². The van der Waals surface area contributed by atoms with Crippen molar-refractivity contribution in [2.45, 2.75) is 57.0 Å². The zero-order valence-electron chi connectivity index (χ0n) is 13.6. The largest absolute Gasteiger partial charge is 0.353 e. The Morgan fingerprint density at radius 3 is 2.41 bits per heavy atom. The maximum atomic E-state index is 12.3. The molecule has 0 saturated heterocycles. The minimum Gasteiger partial charge on any atom is -0.353 e. The molecule has 4 heteroatoms. The Kier molecular flexibility index (Phi) is 6.40. The molecule has 0 spiro atoms. The van der Waals surface area contributed by atoms with Gasteiger partial charge in [-0.15, -0.1) is 0 Å². The van der Waals surface area contributed by atoms with Crippen LogP contribution in [0.15, 0.2) is 30.3 Å². The molecule has 4 nitrogen and oxygen atoms in total. The second-order valence-electron chi connectivity index (χ2n) is 6.47. The summed E-state index contributed by atoms with van der Waals surface area (Å²) in [6.07, 6.45) is 7.87. The van der Waals surface area contributed by atoms with Crippen LogP contribution in [-0.2, 0) is 10.3 Å². The normalized spacial score (nSPS) is 19.2. The number of nitrogens with one attached hydrogen (secondary N) is 2. The van der Waals surface area contributed by atoms with Crippen LogP contribution in [0.1, 0.15) is 51.0 Å². The highest BCUT2D eigenvalue weighted by atomic mass is 16.2. The summed E-state index contributed by atoms with van der Waals surface area (Å²) in [4.78, 5) is 12.3. The van der Waals surface area contributed by atoms with Gasteiger partial charge in [0.2, 0.25) is 5.91 Å². The number of carbonyl (C=O) groups is 1. The summed E-state index contributed by atoms with van der Waals surface area (Å²) in [6, 6.07) is 10.1. The average molecular weight is 303 g/mol. The van der Waals surface area contributed by atoms with Crippen LogP contribution in [0.4, 0.5) is 0 Å². The van der Waals surface area contributed by atoms with Crippen LogP contribution in [0.2, 0.25) is 0 Å². The van der Waals surface area contributed by atoms with Gasteiger partial charge in [0.15, 0.2) is 0 Å². The van der Waals surface area contributed by atoms with E-state index < -0.39 is 5.54 Å². The average Bonchev–Trinajstić information content (AvgIpc) is 2.81. The van der Waals surface area contributed by atoms with Crippen molar-refractivity contribution in [3.63, 3.8) is 0 Å². The Labute approximate surface area is 133 Å². The van der Waals surface area contributed by atoms with Crippen LogP contribution in [0.25, 0.3) is 0 Å². The Hall–Kier alpha value is -1.39. The fourth-order valence-corrected chi connectivity index (χ4v) is 3.03. The van der Waals surface area contributed by atoms with Gasteiger partial charge in [-0.25, -0.2) is 0 Å². The first-order chi connectivity index (χ1) is 10.6. The van der Waals surface area contributed by atoms with E-state index in [4.69, 9.17) is 5.73 Å². The van der Waals surface area contributed by atoms with Crippen LogP contribution < -0.4 is 16.4 Å². The molecule has 1 aromatic rings. The van der Waals surface area contributed by atoms with Gasteiger partial charge in [-0.05, 0) is 25.3 Å². The molecule has 122 valence electrons. The van der Waals surface area contributed by atoms with Crippen molar-refractivity contribution in [2.75, 3.05) is 13.1 Å². The summed E-state index contributed by atoms with van der Waals surface area (Å²) in [5.74, 6) is -0.124. The SMILES string of the molecule is CC(N)(C(=O)NCCNC1CCCCCC1)c1ccccc1. The molecule has 22 heavy (non-hydrogen) atoms. The molecule has 1 saturated carbocycles. The molecule has 4 N–H and O–H groups in total. The number of carbonyl (C=O) groups excluding carboxylic acids is 1. The predicted octanol–water partition coefficient (Wildman–Crippen LogP) is 2.29. The standard InChI is InChI=1S/C18H29N3O/c1-18(19,15-9-5-4-6-10-15)17(22)21-14-13-20-16-11-7-2-3-8-12-16/h4-6,9-10,16,20H,2-3,7-8,11-14,19H2,1H3,(H,21,22). The third-order valence-electron chi connectivity index (χ3n) is 4.54. The van der Waals surface area contributed by atoms with E-state index in [0.29, 0.717) is 12.6 Å². The van der Waals surface area contributed by atoms with Gasteiger partial charge >= 0.3 is 0 Å². The van der Waals surface area contributed by atoms with Crippen molar-refractivity contribution >= 4 is 5.91 Å². The molecule has 0 aromatic heterocycles. The Balaban J connectivity index is 1.73. The molecule has 0 heterocycles. The van der Waals surface area contributed by atoms with Crippen LogP contribution in [0.3, 0.4) is 0 Å². The third-order valence-corrected chi connectivity index (χ3v) is 4.54. The molecular weight excluding hydrogens is 274 g/mol. The number of nitrogens with two attached hydrogens (primary N) is 1. The van der Waals surface area contributed by atoms with Crippen LogP contribution in [-0.4, -0.2) is 25.0 Å². The lowest BCUT2D eigenvalue weighted by molar-refractivity contribution is -0.126. The van der Waals surface area contributed by atoms with Gasteiger partial charge in [-0.3, -0.25) is 4.79 Å². The van der Waals surface area contributed by atoms with E-state index in [2.05, 4.69) is 10.6 Å². The van der Waals surface area contributed by atoms with Crippen molar-refractivity contribution < 1.29 is 4.79 Å². The zero-order chi connectivity index (χ0) is 15.8. The number of hydrogen-bond donors (Lipinski definition) is 3. The first-order valence-electron chi connectivity index (χ1n) is 8.47. The second-order valence-corrected chi connectivity index (χ2v) is 6.47. The first kappa shape index (κ1) is 17.0. The van der Waals surface area contributed by atoms with Crippen molar-refractivity contribution in [1.82, 2.24) is 10.6 Å². The minimum atomic E-state index is -0.983. The highest BCUT2D eigenvalue weighted by Crippen LogP contribution is 2.18. The molecule has 1 aromatic carbocycles. The van der Waals surface area contributed by atoms with E-state index in [9.17, 15) is 4.79 Å². The fraction of sp³-hybridized carbons (Fsp3) is 0.611. The lowest BCUT2D eigenvalue weighted by atomic mass is 9.92. The van der Waals surface area contributed by atoms with Crippen molar-refractivity contribution in [2.24, 2.45) is 5.73 Å². The molecular formula is C18H29N3O. The minimum absolute atomic E-state index is 0.124. The molecule has 1 aliphatic rings. The van der Waals surface area contributed by atoms with Crippen LogP contribution in [0.5, 0.6) is 0 Å². The van der Waals surface area contributed by atoms with Gasteiger partial charge in [-0.2, -0.15) is 0 Å². The highest BCUT2D eigenvalue weighted by Gasteiger charge is 2.29. The molecule has 1 aliphatic carbocycles. The number of hydrogen-bond acceptors (Lipinski definition) is 3. The third kappa shape index (κ3) is 4.82. The van der Waals surface area contributed by atoms with E-state index in [1.54, 1.807) is 6.92 Å². The summed E-state index contributed by atoms with van der Waals surface area (Å²) >= 11 is 0. The molecule has 1 unspecified atom stereocenters. The van der Waals surface area contributed by atoms with Gasteiger partial charge in [0, 0.05) is 19.1 Å². The molecule has 1 fully saturated rings. The van der Waals surface area contributed by atoms with Gasteiger partial charge in [-0.1, -0.05) is 56.0 Å². The fourth-order valence-electron chi connectivity index (χ4n) is 3.03. The van der Waals surface area contributed by atoms with E-state index in [1.807, 2.05) is 30.3 Å². The van der Waals surface area contributed by atoms with Crippen molar-refractivity contribution in [1.29, 1.82) is 0 Å². The monoisotopic (exact) mass is 303 g/mol. The molecule has 0 aliphatic heterocycles. The van der Waals surface area contributed by atoms with Gasteiger partial charge in [0.05, 0.1) is 0 Å². The summed E-state index contributed by atoms with van der Waals surface area (Å²) in [7, 11) is 0. The van der Waals surface area contributed by atoms with Gasteiger partial charge in [0.1, 0.15) is 5.54 Å². The highest BCUT2D eigenvalue weighted by molar-refractivity contribution is 5.86. The van der Waals surface area contributed by atoms with Crippen molar-refractivity contribution in [3.8, 4) is 0 Å². The quantitative estimate of drug-likeness (QED) is 0.558.